The molecule has 0 radical (unpaired) electrons. The van der Waals surface area contributed by atoms with Gasteiger partial charge in [0.2, 0.25) is 6.23 Å². The average molecular weight is 360 g/mol. The monoisotopic (exact) mass is 360 g/mol. The third-order valence-corrected chi connectivity index (χ3v) is 5.12. The molecule has 2 unspecified atom stereocenters. The first-order chi connectivity index (χ1) is 13.2. The molecule has 5 nitrogen and oxygen atoms in total. The molecule has 0 saturated heterocycles. The van der Waals surface area contributed by atoms with Crippen LogP contribution >= 0.6 is 0 Å². The molecule has 0 bridgehead atoms. The Morgan fingerprint density at radius 1 is 1.04 bits per heavy atom. The van der Waals surface area contributed by atoms with Crippen molar-refractivity contribution in [3.63, 3.8) is 0 Å². The lowest BCUT2D eigenvalue weighted by molar-refractivity contribution is -0.0190. The predicted molar refractivity (Wildman–Crippen MR) is 102 cm³/mol. The molecule has 0 aliphatic carbocycles. The van der Waals surface area contributed by atoms with Crippen LogP contribution in [0, 0.1) is 6.92 Å². The first-order valence-corrected chi connectivity index (χ1v) is 9.05. The summed E-state index contributed by atoms with van der Waals surface area (Å²) in [6.07, 6.45) is 0.504. The number of furan rings is 1. The Kier molecular flexibility index (Phi) is 3.67. The number of aryl methyl sites for hydroxylation is 1. The maximum Gasteiger partial charge on any atom is 0.213 e. The SMILES string of the molecule is COc1ccc(C2Oc3ccccc3C3CC(c4ccc(C)o4)=NN32)cc1. The van der Waals surface area contributed by atoms with Gasteiger partial charge in [-0.25, -0.2) is 5.01 Å². The molecule has 3 aromatic rings. The molecule has 0 N–H and O–H groups in total. The molecule has 2 aliphatic rings. The molecule has 1 aromatic heterocycles. The van der Waals surface area contributed by atoms with Gasteiger partial charge in [-0.05, 0) is 49.4 Å². The van der Waals surface area contributed by atoms with Crippen molar-refractivity contribution in [2.75, 3.05) is 7.11 Å². The van der Waals surface area contributed by atoms with Gasteiger partial charge in [0.25, 0.3) is 0 Å². The fourth-order valence-corrected chi connectivity index (χ4v) is 3.76. The van der Waals surface area contributed by atoms with Gasteiger partial charge < -0.3 is 13.9 Å². The lowest BCUT2D eigenvalue weighted by Gasteiger charge is -2.38. The van der Waals surface area contributed by atoms with E-state index in [0.29, 0.717) is 0 Å². The van der Waals surface area contributed by atoms with E-state index >= 15 is 0 Å². The lowest BCUT2D eigenvalue weighted by atomic mass is 9.97. The van der Waals surface area contributed by atoms with Crippen molar-refractivity contribution in [2.24, 2.45) is 5.10 Å². The maximum absolute atomic E-state index is 6.34. The fraction of sp³-hybridized carbons (Fsp3) is 0.227. The third-order valence-electron chi connectivity index (χ3n) is 5.12. The van der Waals surface area contributed by atoms with E-state index in [1.165, 1.54) is 0 Å². The highest BCUT2D eigenvalue weighted by molar-refractivity contribution is 5.99. The van der Waals surface area contributed by atoms with E-state index in [1.54, 1.807) is 7.11 Å². The van der Waals surface area contributed by atoms with Crippen LogP contribution in [-0.2, 0) is 0 Å². The second-order valence-corrected chi connectivity index (χ2v) is 6.84. The van der Waals surface area contributed by atoms with Gasteiger partial charge in [-0.3, -0.25) is 0 Å². The van der Waals surface area contributed by atoms with Crippen molar-refractivity contribution < 1.29 is 13.9 Å². The number of rotatable bonds is 3. The molecule has 5 heteroatoms. The Balaban J connectivity index is 1.57. The Bertz CT molecular complexity index is 1010. The Hall–Kier alpha value is -3.21. The molecule has 2 atom stereocenters. The zero-order valence-corrected chi connectivity index (χ0v) is 15.3. The van der Waals surface area contributed by atoms with Gasteiger partial charge in [0, 0.05) is 17.5 Å². The summed E-state index contributed by atoms with van der Waals surface area (Å²) in [5.74, 6) is 3.45. The summed E-state index contributed by atoms with van der Waals surface area (Å²) >= 11 is 0. The van der Waals surface area contributed by atoms with E-state index in [9.17, 15) is 0 Å². The highest BCUT2D eigenvalue weighted by Gasteiger charge is 2.41. The number of methoxy groups -OCH3 is 1. The van der Waals surface area contributed by atoms with E-state index in [4.69, 9.17) is 19.0 Å². The Labute approximate surface area is 157 Å². The topological polar surface area (TPSA) is 47.2 Å². The van der Waals surface area contributed by atoms with Gasteiger partial charge >= 0.3 is 0 Å². The fourth-order valence-electron chi connectivity index (χ4n) is 3.76. The van der Waals surface area contributed by atoms with Gasteiger partial charge in [-0.15, -0.1) is 0 Å². The molecule has 0 spiro atoms. The third kappa shape index (κ3) is 2.67. The van der Waals surface area contributed by atoms with Crippen molar-refractivity contribution in [3.8, 4) is 11.5 Å². The quantitative estimate of drug-likeness (QED) is 0.671. The average Bonchev–Trinajstić information content (AvgIpc) is 3.34. The first kappa shape index (κ1) is 16.0. The summed E-state index contributed by atoms with van der Waals surface area (Å²) in [5.41, 5.74) is 3.15. The second kappa shape index (κ2) is 6.20. The molecule has 0 amide bonds. The molecule has 2 aromatic carbocycles. The van der Waals surface area contributed by atoms with Crippen LogP contribution in [0.4, 0.5) is 0 Å². The molecular formula is C22H20N2O3. The van der Waals surface area contributed by atoms with Crippen molar-refractivity contribution in [1.82, 2.24) is 5.01 Å². The smallest absolute Gasteiger partial charge is 0.213 e. The molecule has 5 rings (SSSR count). The summed E-state index contributed by atoms with van der Waals surface area (Å²) in [6, 6.07) is 20.2. The molecular weight excluding hydrogens is 340 g/mol. The molecule has 27 heavy (non-hydrogen) atoms. The minimum absolute atomic E-state index is 0.127. The number of benzene rings is 2. The van der Waals surface area contributed by atoms with Crippen LogP contribution in [0.2, 0.25) is 0 Å². The molecule has 0 fully saturated rings. The Morgan fingerprint density at radius 3 is 2.59 bits per heavy atom. The number of fused-ring (bicyclic) bond motifs is 3. The Morgan fingerprint density at radius 2 is 1.85 bits per heavy atom. The van der Waals surface area contributed by atoms with Crippen LogP contribution in [0.5, 0.6) is 11.5 Å². The normalized spacial score (nSPS) is 20.5. The number of para-hydroxylation sites is 1. The van der Waals surface area contributed by atoms with Crippen molar-refractivity contribution in [3.05, 3.63) is 83.3 Å². The van der Waals surface area contributed by atoms with E-state index in [0.717, 1.165) is 46.3 Å². The summed E-state index contributed by atoms with van der Waals surface area (Å²) in [4.78, 5) is 0. The van der Waals surface area contributed by atoms with Crippen molar-refractivity contribution in [2.45, 2.75) is 25.6 Å². The van der Waals surface area contributed by atoms with Crippen LogP contribution < -0.4 is 9.47 Å². The zero-order chi connectivity index (χ0) is 18.4. The first-order valence-electron chi connectivity index (χ1n) is 9.05. The molecule has 2 aliphatic heterocycles. The summed E-state index contributed by atoms with van der Waals surface area (Å²) < 4.78 is 17.4. The van der Waals surface area contributed by atoms with Crippen molar-refractivity contribution >= 4 is 5.71 Å². The standard InChI is InChI=1S/C22H20N2O3/c1-14-7-12-21(26-14)18-13-19-17-5-3-4-6-20(17)27-22(24(19)23-18)15-8-10-16(25-2)11-9-15/h3-12,19,22H,13H2,1-2H3. The van der Waals surface area contributed by atoms with Crippen LogP contribution in [0.3, 0.4) is 0 Å². The predicted octanol–water partition coefficient (Wildman–Crippen LogP) is 4.84. The molecule has 0 saturated carbocycles. The second-order valence-electron chi connectivity index (χ2n) is 6.84. The van der Waals surface area contributed by atoms with Gasteiger partial charge in [-0.1, -0.05) is 18.2 Å². The highest BCUT2D eigenvalue weighted by Crippen LogP contribution is 2.47. The van der Waals surface area contributed by atoms with Gasteiger partial charge in [0.05, 0.1) is 13.2 Å². The van der Waals surface area contributed by atoms with E-state index in [2.05, 4.69) is 11.1 Å². The zero-order valence-electron chi connectivity index (χ0n) is 15.3. The van der Waals surface area contributed by atoms with Gasteiger partial charge in [0.1, 0.15) is 28.7 Å². The number of hydrazone groups is 1. The summed E-state index contributed by atoms with van der Waals surface area (Å²) in [7, 11) is 1.67. The van der Waals surface area contributed by atoms with Crippen LogP contribution in [-0.4, -0.2) is 17.8 Å². The summed E-state index contributed by atoms with van der Waals surface area (Å²) in [6.45, 7) is 1.95. The minimum Gasteiger partial charge on any atom is -0.497 e. The maximum atomic E-state index is 6.34. The summed E-state index contributed by atoms with van der Waals surface area (Å²) in [5, 5.41) is 6.95. The number of hydrogen-bond donors (Lipinski definition) is 0. The minimum atomic E-state index is -0.288. The largest absolute Gasteiger partial charge is 0.497 e. The molecule has 3 heterocycles. The van der Waals surface area contributed by atoms with Crippen LogP contribution in [0.1, 0.15) is 41.3 Å². The number of hydrogen-bond acceptors (Lipinski definition) is 5. The van der Waals surface area contributed by atoms with Gasteiger partial charge in [0.15, 0.2) is 0 Å². The molecule has 136 valence electrons. The van der Waals surface area contributed by atoms with Crippen LogP contribution in [0.15, 0.2) is 70.2 Å². The lowest BCUT2D eigenvalue weighted by Crippen LogP contribution is -2.33. The number of nitrogens with zero attached hydrogens (tertiary/aromatic N) is 2. The van der Waals surface area contributed by atoms with Crippen LogP contribution in [0.25, 0.3) is 0 Å². The van der Waals surface area contributed by atoms with E-state index < -0.39 is 0 Å². The number of ether oxygens (including phenoxy) is 2. The highest BCUT2D eigenvalue weighted by atomic mass is 16.5. The van der Waals surface area contributed by atoms with Crippen molar-refractivity contribution in [1.29, 1.82) is 0 Å². The van der Waals surface area contributed by atoms with E-state index in [1.807, 2.05) is 61.5 Å². The van der Waals surface area contributed by atoms with E-state index in [-0.39, 0.29) is 12.3 Å². The van der Waals surface area contributed by atoms with Gasteiger partial charge in [-0.2, -0.15) is 5.10 Å².